The van der Waals surface area contributed by atoms with Crippen LogP contribution >= 0.6 is 11.6 Å². The number of halogens is 1. The molecule has 0 aliphatic carbocycles. The van der Waals surface area contributed by atoms with Crippen LogP contribution in [0.15, 0.2) is 36.4 Å². The SMILES string of the molecule is C=C(C)COC(=O)CCc1cccc(Cl)c1. The van der Waals surface area contributed by atoms with E-state index in [9.17, 15) is 4.79 Å². The highest BCUT2D eigenvalue weighted by Gasteiger charge is 2.03. The second-order valence-electron chi connectivity index (χ2n) is 3.75. The lowest BCUT2D eigenvalue weighted by Gasteiger charge is -2.04. The Morgan fingerprint density at radius 2 is 2.25 bits per heavy atom. The summed E-state index contributed by atoms with van der Waals surface area (Å²) in [4.78, 5) is 11.3. The molecule has 0 bridgehead atoms. The minimum Gasteiger partial charge on any atom is -0.461 e. The van der Waals surface area contributed by atoms with Crippen molar-refractivity contribution in [1.29, 1.82) is 0 Å². The van der Waals surface area contributed by atoms with Gasteiger partial charge in [-0.1, -0.05) is 30.3 Å². The van der Waals surface area contributed by atoms with Gasteiger partial charge in [0.1, 0.15) is 6.61 Å². The van der Waals surface area contributed by atoms with Gasteiger partial charge in [-0.25, -0.2) is 0 Å². The Balaban J connectivity index is 2.34. The first kappa shape index (κ1) is 12.8. The molecular weight excluding hydrogens is 224 g/mol. The lowest BCUT2D eigenvalue weighted by atomic mass is 10.1. The Morgan fingerprint density at radius 3 is 2.88 bits per heavy atom. The third-order valence-electron chi connectivity index (χ3n) is 1.99. The van der Waals surface area contributed by atoms with Crippen LogP contribution in [0.3, 0.4) is 0 Å². The number of ether oxygens (including phenoxy) is 1. The Labute approximate surface area is 101 Å². The van der Waals surface area contributed by atoms with Crippen LogP contribution in [-0.2, 0) is 16.0 Å². The van der Waals surface area contributed by atoms with Crippen molar-refractivity contribution in [3.05, 3.63) is 47.0 Å². The lowest BCUT2D eigenvalue weighted by molar-refractivity contribution is -0.142. The topological polar surface area (TPSA) is 26.3 Å². The number of aryl methyl sites for hydroxylation is 1. The van der Waals surface area contributed by atoms with E-state index in [0.29, 0.717) is 24.5 Å². The Bertz CT molecular complexity index is 385. The van der Waals surface area contributed by atoms with E-state index in [4.69, 9.17) is 16.3 Å². The van der Waals surface area contributed by atoms with Gasteiger partial charge in [-0.3, -0.25) is 4.79 Å². The van der Waals surface area contributed by atoms with E-state index in [1.807, 2.05) is 31.2 Å². The number of benzene rings is 1. The summed E-state index contributed by atoms with van der Waals surface area (Å²) < 4.78 is 4.98. The highest BCUT2D eigenvalue weighted by atomic mass is 35.5. The normalized spacial score (nSPS) is 9.88. The molecule has 0 radical (unpaired) electrons. The van der Waals surface area contributed by atoms with Crippen molar-refractivity contribution < 1.29 is 9.53 Å². The molecule has 0 aliphatic heterocycles. The van der Waals surface area contributed by atoms with E-state index in [1.54, 1.807) is 0 Å². The molecule has 0 atom stereocenters. The summed E-state index contributed by atoms with van der Waals surface area (Å²) in [6, 6.07) is 7.48. The minimum absolute atomic E-state index is 0.206. The van der Waals surface area contributed by atoms with Gasteiger partial charge in [-0.05, 0) is 36.6 Å². The third-order valence-corrected chi connectivity index (χ3v) is 2.22. The van der Waals surface area contributed by atoms with Gasteiger partial charge in [0.2, 0.25) is 0 Å². The molecule has 0 aliphatic rings. The van der Waals surface area contributed by atoms with Crippen molar-refractivity contribution in [2.24, 2.45) is 0 Å². The molecule has 0 aromatic heterocycles. The molecule has 0 unspecified atom stereocenters. The van der Waals surface area contributed by atoms with E-state index in [2.05, 4.69) is 6.58 Å². The predicted molar refractivity (Wildman–Crippen MR) is 65.5 cm³/mol. The second-order valence-corrected chi connectivity index (χ2v) is 4.18. The van der Waals surface area contributed by atoms with Crippen LogP contribution in [0, 0.1) is 0 Å². The molecule has 0 heterocycles. The van der Waals surface area contributed by atoms with Crippen molar-refractivity contribution in [1.82, 2.24) is 0 Å². The first-order valence-electron chi connectivity index (χ1n) is 5.12. The zero-order chi connectivity index (χ0) is 12.0. The molecule has 1 rings (SSSR count). The fraction of sp³-hybridized carbons (Fsp3) is 0.308. The van der Waals surface area contributed by atoms with Crippen LogP contribution in [0.4, 0.5) is 0 Å². The van der Waals surface area contributed by atoms with Gasteiger partial charge in [0, 0.05) is 11.4 Å². The van der Waals surface area contributed by atoms with Crippen molar-refractivity contribution in [3.63, 3.8) is 0 Å². The summed E-state index contributed by atoms with van der Waals surface area (Å²) in [5.41, 5.74) is 1.89. The van der Waals surface area contributed by atoms with Gasteiger partial charge in [-0.2, -0.15) is 0 Å². The smallest absolute Gasteiger partial charge is 0.306 e. The molecule has 0 amide bonds. The number of esters is 1. The summed E-state index contributed by atoms with van der Waals surface area (Å²) in [5.74, 6) is -0.206. The fourth-order valence-electron chi connectivity index (χ4n) is 1.21. The standard InChI is InChI=1S/C13H15ClO2/c1-10(2)9-16-13(15)7-6-11-4-3-5-12(14)8-11/h3-5,8H,1,6-7,9H2,2H3. The first-order valence-corrected chi connectivity index (χ1v) is 5.50. The maximum absolute atomic E-state index is 11.3. The third kappa shape index (κ3) is 4.99. The van der Waals surface area contributed by atoms with Gasteiger partial charge < -0.3 is 4.74 Å². The average Bonchev–Trinajstić information content (AvgIpc) is 2.23. The number of rotatable bonds is 5. The molecule has 0 saturated heterocycles. The van der Waals surface area contributed by atoms with Gasteiger partial charge in [0.15, 0.2) is 0 Å². The Hall–Kier alpha value is -1.28. The van der Waals surface area contributed by atoms with E-state index in [0.717, 1.165) is 11.1 Å². The lowest BCUT2D eigenvalue weighted by Crippen LogP contribution is -2.07. The van der Waals surface area contributed by atoms with E-state index < -0.39 is 0 Å². The molecule has 0 fully saturated rings. The molecular formula is C13H15ClO2. The summed E-state index contributed by atoms with van der Waals surface area (Å²) in [6.07, 6.45) is 1.02. The maximum atomic E-state index is 11.3. The van der Waals surface area contributed by atoms with Gasteiger partial charge >= 0.3 is 5.97 Å². The first-order chi connectivity index (χ1) is 7.58. The fourth-order valence-corrected chi connectivity index (χ4v) is 1.43. The van der Waals surface area contributed by atoms with Crippen LogP contribution in [0.25, 0.3) is 0 Å². The summed E-state index contributed by atoms with van der Waals surface area (Å²) in [6.45, 7) is 5.79. The van der Waals surface area contributed by atoms with Crippen LogP contribution in [-0.4, -0.2) is 12.6 Å². The Kier molecular flexibility index (Phi) is 5.06. The molecule has 16 heavy (non-hydrogen) atoms. The maximum Gasteiger partial charge on any atom is 0.306 e. The second kappa shape index (κ2) is 6.33. The number of carbonyl (C=O) groups is 1. The number of hydrogen-bond donors (Lipinski definition) is 0. The van der Waals surface area contributed by atoms with Crippen molar-refractivity contribution in [2.75, 3.05) is 6.61 Å². The van der Waals surface area contributed by atoms with Crippen LogP contribution < -0.4 is 0 Å². The van der Waals surface area contributed by atoms with Crippen LogP contribution in [0.1, 0.15) is 18.9 Å². The molecule has 0 N–H and O–H groups in total. The van der Waals surface area contributed by atoms with Crippen molar-refractivity contribution in [2.45, 2.75) is 19.8 Å². The number of hydrogen-bond acceptors (Lipinski definition) is 2. The van der Waals surface area contributed by atoms with Crippen LogP contribution in [0.5, 0.6) is 0 Å². The molecule has 2 nitrogen and oxygen atoms in total. The molecule has 1 aromatic carbocycles. The van der Waals surface area contributed by atoms with Gasteiger partial charge in [0.25, 0.3) is 0 Å². The molecule has 3 heteroatoms. The summed E-state index contributed by atoms with van der Waals surface area (Å²) >= 11 is 5.84. The highest BCUT2D eigenvalue weighted by Crippen LogP contribution is 2.12. The largest absolute Gasteiger partial charge is 0.461 e. The van der Waals surface area contributed by atoms with E-state index >= 15 is 0 Å². The van der Waals surface area contributed by atoms with Crippen LogP contribution in [0.2, 0.25) is 5.02 Å². The molecule has 0 spiro atoms. The van der Waals surface area contributed by atoms with Crippen molar-refractivity contribution in [3.8, 4) is 0 Å². The highest BCUT2D eigenvalue weighted by molar-refractivity contribution is 6.30. The Morgan fingerprint density at radius 1 is 1.50 bits per heavy atom. The molecule has 0 saturated carbocycles. The van der Waals surface area contributed by atoms with Gasteiger partial charge in [0.05, 0.1) is 0 Å². The van der Waals surface area contributed by atoms with Gasteiger partial charge in [-0.15, -0.1) is 0 Å². The molecule has 86 valence electrons. The minimum atomic E-state index is -0.206. The van der Waals surface area contributed by atoms with E-state index in [1.165, 1.54) is 0 Å². The van der Waals surface area contributed by atoms with Crippen molar-refractivity contribution >= 4 is 17.6 Å². The zero-order valence-electron chi connectivity index (χ0n) is 9.33. The monoisotopic (exact) mass is 238 g/mol. The summed E-state index contributed by atoms with van der Waals surface area (Å²) in [5, 5.41) is 0.688. The predicted octanol–water partition coefficient (Wildman–Crippen LogP) is 3.39. The summed E-state index contributed by atoms with van der Waals surface area (Å²) in [7, 11) is 0. The number of carbonyl (C=O) groups excluding carboxylic acids is 1. The average molecular weight is 239 g/mol. The quantitative estimate of drug-likeness (QED) is 0.581. The zero-order valence-corrected chi connectivity index (χ0v) is 10.1. The molecule has 1 aromatic rings. The van der Waals surface area contributed by atoms with E-state index in [-0.39, 0.29) is 5.97 Å².